The van der Waals surface area contributed by atoms with Gasteiger partial charge >= 0.3 is 0 Å². The van der Waals surface area contributed by atoms with Crippen molar-refractivity contribution < 1.29 is 0 Å². The second kappa shape index (κ2) is 6.19. The molecule has 17 heavy (non-hydrogen) atoms. The Hall–Kier alpha value is -0.0800. The third-order valence-corrected chi connectivity index (χ3v) is 4.38. The van der Waals surface area contributed by atoms with Crippen molar-refractivity contribution in [1.82, 2.24) is 4.90 Å². The first-order chi connectivity index (χ1) is 7.80. The van der Waals surface area contributed by atoms with Crippen molar-refractivity contribution in [3.05, 3.63) is 0 Å². The number of hydrogen-bond donors (Lipinski definition) is 1. The smallest absolute Gasteiger partial charge is 0.0217 e. The molecule has 0 radical (unpaired) electrons. The highest BCUT2D eigenvalue weighted by Crippen LogP contribution is 2.25. The maximum atomic E-state index is 6.29. The average Bonchev–Trinajstić information content (AvgIpc) is 2.41. The van der Waals surface area contributed by atoms with Gasteiger partial charge in [-0.2, -0.15) is 0 Å². The Morgan fingerprint density at radius 3 is 2.35 bits per heavy atom. The van der Waals surface area contributed by atoms with E-state index in [1.165, 1.54) is 32.4 Å². The van der Waals surface area contributed by atoms with Gasteiger partial charge in [0.05, 0.1) is 0 Å². The lowest BCUT2D eigenvalue weighted by Crippen LogP contribution is -2.45. The Labute approximate surface area is 108 Å². The highest BCUT2D eigenvalue weighted by molar-refractivity contribution is 4.82. The first-order valence-corrected chi connectivity index (χ1v) is 7.28. The molecule has 0 aromatic rings. The molecule has 2 heteroatoms. The van der Waals surface area contributed by atoms with E-state index in [2.05, 4.69) is 39.5 Å². The summed E-state index contributed by atoms with van der Waals surface area (Å²) in [5, 5.41) is 0. The molecule has 102 valence electrons. The molecule has 1 aliphatic rings. The molecule has 2 N–H and O–H groups in total. The van der Waals surface area contributed by atoms with E-state index in [1.807, 2.05) is 0 Å². The lowest BCUT2D eigenvalue weighted by molar-refractivity contribution is 0.200. The normalized spacial score (nSPS) is 25.9. The standard InChI is InChI=1S/C15H32N2/c1-12(2)13-7-6-9-17(10-8-13)11-14(16)15(3,4)5/h12-14H,6-11,16H2,1-5H3. The number of rotatable bonds is 3. The Bertz CT molecular complexity index is 217. The maximum Gasteiger partial charge on any atom is 0.0217 e. The molecule has 1 rings (SSSR count). The molecule has 0 spiro atoms. The molecule has 1 heterocycles. The van der Waals surface area contributed by atoms with Crippen molar-refractivity contribution >= 4 is 0 Å². The van der Waals surface area contributed by atoms with Crippen molar-refractivity contribution in [1.29, 1.82) is 0 Å². The van der Waals surface area contributed by atoms with Gasteiger partial charge < -0.3 is 10.6 Å². The van der Waals surface area contributed by atoms with Crippen LogP contribution in [0.4, 0.5) is 0 Å². The summed E-state index contributed by atoms with van der Waals surface area (Å²) in [7, 11) is 0. The van der Waals surface area contributed by atoms with E-state index in [9.17, 15) is 0 Å². The van der Waals surface area contributed by atoms with E-state index in [1.54, 1.807) is 0 Å². The van der Waals surface area contributed by atoms with Crippen LogP contribution in [0.15, 0.2) is 0 Å². The van der Waals surface area contributed by atoms with Gasteiger partial charge in [0.2, 0.25) is 0 Å². The first-order valence-electron chi connectivity index (χ1n) is 7.28. The van der Waals surface area contributed by atoms with Gasteiger partial charge in [-0.1, -0.05) is 34.6 Å². The summed E-state index contributed by atoms with van der Waals surface area (Å²) >= 11 is 0. The van der Waals surface area contributed by atoms with Crippen molar-refractivity contribution in [2.24, 2.45) is 23.0 Å². The second-order valence-electron chi connectivity index (χ2n) is 7.21. The highest BCUT2D eigenvalue weighted by atomic mass is 15.1. The third-order valence-electron chi connectivity index (χ3n) is 4.38. The molecule has 1 fully saturated rings. The monoisotopic (exact) mass is 240 g/mol. The zero-order valence-electron chi connectivity index (χ0n) is 12.5. The summed E-state index contributed by atoms with van der Waals surface area (Å²) in [6.07, 6.45) is 4.10. The Morgan fingerprint density at radius 2 is 1.82 bits per heavy atom. The van der Waals surface area contributed by atoms with Crippen LogP contribution in [0.25, 0.3) is 0 Å². The van der Waals surface area contributed by atoms with Crippen molar-refractivity contribution in [3.8, 4) is 0 Å². The van der Waals surface area contributed by atoms with Crippen molar-refractivity contribution in [2.45, 2.75) is 59.9 Å². The first kappa shape index (κ1) is 15.0. The van der Waals surface area contributed by atoms with Crippen LogP contribution in [-0.4, -0.2) is 30.6 Å². The second-order valence-corrected chi connectivity index (χ2v) is 7.21. The van der Waals surface area contributed by atoms with Crippen LogP contribution in [0.5, 0.6) is 0 Å². The number of nitrogens with zero attached hydrogens (tertiary/aromatic N) is 1. The molecule has 2 atom stereocenters. The summed E-state index contributed by atoms with van der Waals surface area (Å²) in [5.41, 5.74) is 6.51. The lowest BCUT2D eigenvalue weighted by atomic mass is 9.87. The van der Waals surface area contributed by atoms with Crippen LogP contribution in [0.2, 0.25) is 0 Å². The van der Waals surface area contributed by atoms with E-state index in [0.29, 0.717) is 0 Å². The molecule has 0 aliphatic carbocycles. The fourth-order valence-corrected chi connectivity index (χ4v) is 2.58. The number of nitrogens with two attached hydrogens (primary N) is 1. The minimum absolute atomic E-state index is 0.226. The predicted molar refractivity (Wildman–Crippen MR) is 76.0 cm³/mol. The van der Waals surface area contributed by atoms with Gasteiger partial charge in [0.15, 0.2) is 0 Å². The summed E-state index contributed by atoms with van der Waals surface area (Å²) in [5.74, 6) is 1.76. The zero-order chi connectivity index (χ0) is 13.1. The fraction of sp³-hybridized carbons (Fsp3) is 1.00. The molecule has 2 unspecified atom stereocenters. The van der Waals surface area contributed by atoms with Crippen LogP contribution in [0.1, 0.15) is 53.9 Å². The molecular weight excluding hydrogens is 208 g/mol. The summed E-state index contributed by atoms with van der Waals surface area (Å²) in [6.45, 7) is 15.0. The lowest BCUT2D eigenvalue weighted by Gasteiger charge is -2.32. The number of hydrogen-bond acceptors (Lipinski definition) is 2. The van der Waals surface area contributed by atoms with Crippen LogP contribution in [0, 0.1) is 17.3 Å². The summed E-state index contributed by atoms with van der Waals surface area (Å²) < 4.78 is 0. The largest absolute Gasteiger partial charge is 0.326 e. The molecule has 0 aromatic carbocycles. The van der Waals surface area contributed by atoms with Gasteiger partial charge in [0.1, 0.15) is 0 Å². The molecule has 2 nitrogen and oxygen atoms in total. The minimum atomic E-state index is 0.226. The highest BCUT2D eigenvalue weighted by Gasteiger charge is 2.25. The molecule has 0 saturated carbocycles. The van der Waals surface area contributed by atoms with Crippen LogP contribution in [-0.2, 0) is 0 Å². The van der Waals surface area contributed by atoms with Gasteiger partial charge in [-0.05, 0) is 49.6 Å². The zero-order valence-corrected chi connectivity index (χ0v) is 12.5. The van der Waals surface area contributed by atoms with E-state index in [0.717, 1.165) is 18.4 Å². The quantitative estimate of drug-likeness (QED) is 0.821. The fourth-order valence-electron chi connectivity index (χ4n) is 2.58. The summed E-state index contributed by atoms with van der Waals surface area (Å²) in [4.78, 5) is 2.58. The molecular formula is C15H32N2. The summed E-state index contributed by atoms with van der Waals surface area (Å²) in [6, 6.07) is 0.290. The van der Waals surface area contributed by atoms with E-state index in [4.69, 9.17) is 5.73 Å². The van der Waals surface area contributed by atoms with Crippen molar-refractivity contribution in [2.75, 3.05) is 19.6 Å². The van der Waals surface area contributed by atoms with Gasteiger partial charge in [0.25, 0.3) is 0 Å². The molecule has 0 bridgehead atoms. The Morgan fingerprint density at radius 1 is 1.18 bits per heavy atom. The van der Waals surface area contributed by atoms with Crippen LogP contribution < -0.4 is 5.73 Å². The van der Waals surface area contributed by atoms with E-state index in [-0.39, 0.29) is 11.5 Å². The molecule has 0 amide bonds. The number of likely N-dealkylation sites (tertiary alicyclic amines) is 1. The van der Waals surface area contributed by atoms with Crippen molar-refractivity contribution in [3.63, 3.8) is 0 Å². The molecule has 0 aromatic heterocycles. The average molecular weight is 240 g/mol. The van der Waals surface area contributed by atoms with Gasteiger partial charge in [-0.3, -0.25) is 0 Å². The molecule has 1 saturated heterocycles. The van der Waals surface area contributed by atoms with E-state index < -0.39 is 0 Å². The third kappa shape index (κ3) is 4.97. The molecule has 1 aliphatic heterocycles. The van der Waals surface area contributed by atoms with Crippen LogP contribution >= 0.6 is 0 Å². The SMILES string of the molecule is CC(C)C1CCCN(CC(N)C(C)(C)C)CC1. The minimum Gasteiger partial charge on any atom is -0.326 e. The Balaban J connectivity index is 2.42. The predicted octanol–water partition coefficient (Wildman–Crippen LogP) is 3.12. The van der Waals surface area contributed by atoms with Gasteiger partial charge in [0, 0.05) is 12.6 Å². The van der Waals surface area contributed by atoms with Gasteiger partial charge in [-0.25, -0.2) is 0 Å². The van der Waals surface area contributed by atoms with E-state index >= 15 is 0 Å². The van der Waals surface area contributed by atoms with Gasteiger partial charge in [-0.15, -0.1) is 0 Å². The van der Waals surface area contributed by atoms with Crippen LogP contribution in [0.3, 0.4) is 0 Å². The Kier molecular flexibility index (Phi) is 5.46. The topological polar surface area (TPSA) is 29.3 Å². The maximum absolute atomic E-state index is 6.29.